The number of carboxylic acid groups (broad SMARTS) is 1. The quantitative estimate of drug-likeness (QED) is 0.576. The highest BCUT2D eigenvalue weighted by molar-refractivity contribution is 5.69. The van der Waals surface area contributed by atoms with Gasteiger partial charge in [0.05, 0.1) is 6.54 Å². The highest BCUT2D eigenvalue weighted by Crippen LogP contribution is 1.95. The van der Waals surface area contributed by atoms with Gasteiger partial charge in [0.15, 0.2) is 0 Å². The summed E-state index contributed by atoms with van der Waals surface area (Å²) in [5.41, 5.74) is -0.349. The van der Waals surface area contributed by atoms with Crippen LogP contribution in [0.4, 0.5) is 0 Å². The minimum Gasteiger partial charge on any atom is -0.480 e. The number of carboxylic acids is 1. The fraction of sp³-hybridized carbons (Fsp3) is 0.667. The van der Waals surface area contributed by atoms with Crippen molar-refractivity contribution in [1.82, 2.24) is 5.32 Å². The summed E-state index contributed by atoms with van der Waals surface area (Å²) in [6.45, 7) is 7.27. The van der Waals surface area contributed by atoms with Gasteiger partial charge in [-0.05, 0) is 20.8 Å². The van der Waals surface area contributed by atoms with E-state index in [1.807, 2.05) is 13.8 Å². The van der Waals surface area contributed by atoms with Crippen LogP contribution < -0.4 is 5.32 Å². The molecular formula is C6H12NO2. The molecular weight excluding hydrogens is 118 g/mol. The molecule has 0 saturated heterocycles. The van der Waals surface area contributed by atoms with Crippen LogP contribution in [0.3, 0.4) is 0 Å². The minimum absolute atomic E-state index is 0.0312. The number of hydrogen-bond acceptors (Lipinski definition) is 2. The SMILES string of the molecule is [CH2]C(C)(C)NCC(=O)O. The molecule has 2 N–H and O–H groups in total. The molecule has 0 atom stereocenters. The second-order valence-electron chi connectivity index (χ2n) is 2.63. The summed E-state index contributed by atoms with van der Waals surface area (Å²) in [5.74, 6) is -0.855. The van der Waals surface area contributed by atoms with Crippen LogP contribution in [0.15, 0.2) is 0 Å². The van der Waals surface area contributed by atoms with Gasteiger partial charge in [0, 0.05) is 5.54 Å². The van der Waals surface area contributed by atoms with E-state index in [1.54, 1.807) is 0 Å². The summed E-state index contributed by atoms with van der Waals surface area (Å²) < 4.78 is 0. The molecule has 3 nitrogen and oxygen atoms in total. The Morgan fingerprint density at radius 1 is 1.78 bits per heavy atom. The number of hydrogen-bond donors (Lipinski definition) is 2. The van der Waals surface area contributed by atoms with E-state index in [1.165, 1.54) is 0 Å². The van der Waals surface area contributed by atoms with E-state index in [-0.39, 0.29) is 12.1 Å². The maximum atomic E-state index is 9.96. The summed E-state index contributed by atoms with van der Waals surface area (Å²) in [5, 5.41) is 10.9. The van der Waals surface area contributed by atoms with Crippen LogP contribution in [0.2, 0.25) is 0 Å². The molecule has 3 heteroatoms. The normalized spacial score (nSPS) is 11.4. The summed E-state index contributed by atoms with van der Waals surface area (Å²) >= 11 is 0. The Labute approximate surface area is 55.1 Å². The van der Waals surface area contributed by atoms with Crippen molar-refractivity contribution in [1.29, 1.82) is 0 Å². The lowest BCUT2D eigenvalue weighted by Crippen LogP contribution is -2.39. The smallest absolute Gasteiger partial charge is 0.317 e. The zero-order valence-electron chi connectivity index (χ0n) is 5.77. The predicted molar refractivity (Wildman–Crippen MR) is 35.1 cm³/mol. The van der Waals surface area contributed by atoms with Gasteiger partial charge in [0.1, 0.15) is 0 Å². The summed E-state index contributed by atoms with van der Waals surface area (Å²) in [6.07, 6.45) is 0. The van der Waals surface area contributed by atoms with Crippen LogP contribution >= 0.6 is 0 Å². The minimum atomic E-state index is -0.855. The Kier molecular flexibility index (Phi) is 2.65. The van der Waals surface area contributed by atoms with Crippen LogP contribution in [-0.2, 0) is 4.79 Å². The van der Waals surface area contributed by atoms with E-state index in [0.717, 1.165) is 0 Å². The van der Waals surface area contributed by atoms with Gasteiger partial charge in [0.2, 0.25) is 0 Å². The summed E-state index contributed by atoms with van der Waals surface area (Å²) in [7, 11) is 0. The Morgan fingerprint density at radius 2 is 2.22 bits per heavy atom. The van der Waals surface area contributed by atoms with Gasteiger partial charge in [-0.3, -0.25) is 4.79 Å². The predicted octanol–water partition coefficient (Wildman–Crippen LogP) is 0.273. The molecule has 0 aliphatic heterocycles. The van der Waals surface area contributed by atoms with Gasteiger partial charge in [-0.25, -0.2) is 0 Å². The molecule has 0 amide bonds. The van der Waals surface area contributed by atoms with E-state index in [9.17, 15) is 4.79 Å². The number of aliphatic carboxylic acids is 1. The Balaban J connectivity index is 3.39. The molecule has 0 fully saturated rings. The zero-order valence-corrected chi connectivity index (χ0v) is 5.77. The van der Waals surface area contributed by atoms with Crippen molar-refractivity contribution in [3.8, 4) is 0 Å². The molecule has 1 radical (unpaired) electrons. The average molecular weight is 130 g/mol. The third-order valence-corrected chi connectivity index (χ3v) is 0.718. The largest absolute Gasteiger partial charge is 0.480 e. The van der Waals surface area contributed by atoms with Crippen LogP contribution in [0.25, 0.3) is 0 Å². The van der Waals surface area contributed by atoms with Gasteiger partial charge in [0.25, 0.3) is 0 Å². The first kappa shape index (κ1) is 8.43. The lowest BCUT2D eigenvalue weighted by Gasteiger charge is -2.18. The van der Waals surface area contributed by atoms with Crippen LogP contribution in [0.1, 0.15) is 13.8 Å². The lowest BCUT2D eigenvalue weighted by molar-refractivity contribution is -0.136. The van der Waals surface area contributed by atoms with E-state index in [4.69, 9.17) is 5.11 Å². The van der Waals surface area contributed by atoms with Gasteiger partial charge in [-0.1, -0.05) is 0 Å². The highest BCUT2D eigenvalue weighted by atomic mass is 16.4. The van der Waals surface area contributed by atoms with Crippen molar-refractivity contribution in [3.63, 3.8) is 0 Å². The molecule has 0 bridgehead atoms. The third kappa shape index (κ3) is 7.43. The Morgan fingerprint density at radius 3 is 2.33 bits per heavy atom. The summed E-state index contributed by atoms with van der Waals surface area (Å²) in [6, 6.07) is 0. The molecule has 0 aromatic rings. The van der Waals surface area contributed by atoms with Crippen LogP contribution in [0, 0.1) is 6.92 Å². The fourth-order valence-electron chi connectivity index (χ4n) is 0.315. The monoisotopic (exact) mass is 130 g/mol. The first-order valence-corrected chi connectivity index (χ1v) is 2.74. The molecule has 0 aromatic carbocycles. The molecule has 53 valence electrons. The van der Waals surface area contributed by atoms with Gasteiger partial charge < -0.3 is 10.4 Å². The standard InChI is InChI=1S/C6H12NO2/c1-6(2,3)7-4-5(8)9/h7H,1,4H2,2-3H3,(H,8,9). The first-order valence-electron chi connectivity index (χ1n) is 2.74. The maximum Gasteiger partial charge on any atom is 0.317 e. The molecule has 9 heavy (non-hydrogen) atoms. The molecule has 0 aromatic heterocycles. The number of nitrogens with one attached hydrogen (secondary N) is 1. The van der Waals surface area contributed by atoms with E-state index in [2.05, 4.69) is 12.2 Å². The van der Waals surface area contributed by atoms with Gasteiger partial charge in [-0.2, -0.15) is 0 Å². The first-order chi connectivity index (χ1) is 3.92. The molecule has 0 aliphatic rings. The van der Waals surface area contributed by atoms with Gasteiger partial charge in [-0.15, -0.1) is 0 Å². The fourth-order valence-corrected chi connectivity index (χ4v) is 0.315. The van der Waals surface area contributed by atoms with Crippen LogP contribution in [0.5, 0.6) is 0 Å². The van der Waals surface area contributed by atoms with Crippen molar-refractivity contribution in [2.75, 3.05) is 6.54 Å². The van der Waals surface area contributed by atoms with Crippen molar-refractivity contribution >= 4 is 5.97 Å². The van der Waals surface area contributed by atoms with E-state index < -0.39 is 5.97 Å². The van der Waals surface area contributed by atoms with E-state index >= 15 is 0 Å². The zero-order chi connectivity index (χ0) is 7.49. The molecule has 0 spiro atoms. The average Bonchev–Trinajstić information content (AvgIpc) is 1.59. The Hall–Kier alpha value is -0.570. The second kappa shape index (κ2) is 2.82. The Bertz CT molecular complexity index is 104. The molecule has 0 saturated carbocycles. The number of carbonyl (C=O) groups is 1. The molecule has 0 aliphatic carbocycles. The summed E-state index contributed by atoms with van der Waals surface area (Å²) in [4.78, 5) is 9.96. The number of rotatable bonds is 3. The highest BCUT2D eigenvalue weighted by Gasteiger charge is 2.09. The van der Waals surface area contributed by atoms with Gasteiger partial charge >= 0.3 is 5.97 Å². The molecule has 0 unspecified atom stereocenters. The topological polar surface area (TPSA) is 49.3 Å². The van der Waals surface area contributed by atoms with Crippen molar-refractivity contribution < 1.29 is 9.90 Å². The van der Waals surface area contributed by atoms with Crippen LogP contribution in [-0.4, -0.2) is 23.2 Å². The van der Waals surface area contributed by atoms with Crippen molar-refractivity contribution in [2.24, 2.45) is 0 Å². The van der Waals surface area contributed by atoms with E-state index in [0.29, 0.717) is 0 Å². The van der Waals surface area contributed by atoms with Crippen molar-refractivity contribution in [2.45, 2.75) is 19.4 Å². The van der Waals surface area contributed by atoms with Crippen molar-refractivity contribution in [3.05, 3.63) is 6.92 Å². The maximum absolute atomic E-state index is 9.96. The third-order valence-electron chi connectivity index (χ3n) is 0.718. The lowest BCUT2D eigenvalue weighted by atomic mass is 10.1. The molecule has 0 heterocycles. The molecule has 0 rings (SSSR count). The second-order valence-corrected chi connectivity index (χ2v) is 2.63.